The summed E-state index contributed by atoms with van der Waals surface area (Å²) < 4.78 is 36.2. The molecule has 1 aliphatic heterocycles. The molecule has 0 spiro atoms. The molecule has 0 unspecified atom stereocenters. The highest BCUT2D eigenvalue weighted by molar-refractivity contribution is 7.89. The van der Waals surface area contributed by atoms with Gasteiger partial charge in [-0.15, -0.1) is 0 Å². The number of benzene rings is 1. The number of piperazine rings is 1. The van der Waals surface area contributed by atoms with E-state index < -0.39 is 16.1 Å². The van der Waals surface area contributed by atoms with Crippen molar-refractivity contribution >= 4 is 27.7 Å². The Kier molecular flexibility index (Phi) is 5.15. The highest BCUT2D eigenvalue weighted by atomic mass is 35.5. The van der Waals surface area contributed by atoms with Crippen LogP contribution < -0.4 is 4.74 Å². The van der Waals surface area contributed by atoms with Crippen LogP contribution in [0.15, 0.2) is 23.1 Å². The van der Waals surface area contributed by atoms with E-state index >= 15 is 0 Å². The summed E-state index contributed by atoms with van der Waals surface area (Å²) in [6.07, 6.45) is -0.459. The Morgan fingerprint density at radius 2 is 1.82 bits per heavy atom. The minimum absolute atomic E-state index is 0.0292. The van der Waals surface area contributed by atoms with Crippen molar-refractivity contribution in [3.8, 4) is 5.75 Å². The molecule has 0 aliphatic carbocycles. The summed E-state index contributed by atoms with van der Waals surface area (Å²) in [5.41, 5.74) is 0. The fourth-order valence-corrected chi connectivity index (χ4v) is 4.13. The van der Waals surface area contributed by atoms with Crippen LogP contribution in [0.4, 0.5) is 4.79 Å². The Morgan fingerprint density at radius 1 is 1.18 bits per heavy atom. The molecule has 1 heterocycles. The summed E-state index contributed by atoms with van der Waals surface area (Å²) in [6.45, 7) is 0.943. The molecule has 1 amide bonds. The lowest BCUT2D eigenvalue weighted by Crippen LogP contribution is -2.50. The lowest BCUT2D eigenvalue weighted by molar-refractivity contribution is 0.108. The Bertz CT molecular complexity index is 656. The summed E-state index contributed by atoms with van der Waals surface area (Å²) >= 11 is 6.04. The van der Waals surface area contributed by atoms with Gasteiger partial charge in [-0.05, 0) is 12.1 Å². The van der Waals surface area contributed by atoms with Gasteiger partial charge in [-0.2, -0.15) is 4.31 Å². The summed E-state index contributed by atoms with van der Waals surface area (Å²) in [7, 11) is -0.934. The van der Waals surface area contributed by atoms with Gasteiger partial charge < -0.3 is 14.4 Å². The minimum atomic E-state index is -3.71. The number of amides is 1. The molecule has 1 aromatic rings. The largest absolute Gasteiger partial charge is 0.497 e. The van der Waals surface area contributed by atoms with E-state index in [1.165, 1.54) is 35.6 Å². The van der Waals surface area contributed by atoms with Crippen molar-refractivity contribution in [3.05, 3.63) is 23.2 Å². The van der Waals surface area contributed by atoms with Gasteiger partial charge >= 0.3 is 6.09 Å². The van der Waals surface area contributed by atoms with Crippen LogP contribution in [0, 0.1) is 0 Å². The average Bonchev–Trinajstić information content (AvgIpc) is 2.53. The molecule has 9 heteroatoms. The van der Waals surface area contributed by atoms with E-state index in [-0.39, 0.29) is 36.1 Å². The van der Waals surface area contributed by atoms with Crippen LogP contribution in [0.5, 0.6) is 5.75 Å². The smallest absolute Gasteiger partial charge is 0.409 e. The normalized spacial score (nSPS) is 16.4. The maximum atomic E-state index is 12.6. The van der Waals surface area contributed by atoms with Crippen LogP contribution in [0.2, 0.25) is 5.02 Å². The quantitative estimate of drug-likeness (QED) is 0.825. The molecule has 0 N–H and O–H groups in total. The topological polar surface area (TPSA) is 76.2 Å². The summed E-state index contributed by atoms with van der Waals surface area (Å²) in [5.74, 6) is 0.486. The van der Waals surface area contributed by atoms with E-state index in [4.69, 9.17) is 16.3 Å². The van der Waals surface area contributed by atoms with E-state index in [0.717, 1.165) is 0 Å². The van der Waals surface area contributed by atoms with Gasteiger partial charge in [-0.25, -0.2) is 13.2 Å². The molecule has 0 atom stereocenters. The highest BCUT2D eigenvalue weighted by Crippen LogP contribution is 2.29. The van der Waals surface area contributed by atoms with Crippen LogP contribution in [-0.2, 0) is 14.8 Å². The first kappa shape index (κ1) is 16.9. The minimum Gasteiger partial charge on any atom is -0.497 e. The van der Waals surface area contributed by atoms with Gasteiger partial charge in [0.1, 0.15) is 10.6 Å². The number of nitrogens with zero attached hydrogens (tertiary/aromatic N) is 2. The number of carbonyl (C=O) groups is 1. The second kappa shape index (κ2) is 6.72. The highest BCUT2D eigenvalue weighted by Gasteiger charge is 2.31. The molecule has 0 aromatic heterocycles. The molecule has 122 valence electrons. The molecular weight excluding hydrogens is 332 g/mol. The van der Waals surface area contributed by atoms with Gasteiger partial charge in [0, 0.05) is 32.2 Å². The van der Waals surface area contributed by atoms with E-state index in [1.807, 2.05) is 0 Å². The Labute approximate surface area is 134 Å². The number of halogens is 1. The third kappa shape index (κ3) is 3.29. The van der Waals surface area contributed by atoms with Crippen molar-refractivity contribution in [2.24, 2.45) is 0 Å². The van der Waals surface area contributed by atoms with E-state index in [2.05, 4.69) is 4.74 Å². The second-order valence-electron chi connectivity index (χ2n) is 4.66. The van der Waals surface area contributed by atoms with Crippen molar-refractivity contribution in [3.63, 3.8) is 0 Å². The maximum Gasteiger partial charge on any atom is 0.409 e. The SMILES string of the molecule is COC(=O)N1CCN(S(=O)(=O)c2ccc(OC)cc2Cl)CC1. The van der Waals surface area contributed by atoms with E-state index in [1.54, 1.807) is 6.07 Å². The van der Waals surface area contributed by atoms with Gasteiger partial charge in [0.15, 0.2) is 0 Å². The van der Waals surface area contributed by atoms with Crippen LogP contribution in [0.1, 0.15) is 0 Å². The van der Waals surface area contributed by atoms with Crippen LogP contribution in [-0.4, -0.2) is 64.1 Å². The number of methoxy groups -OCH3 is 2. The lowest BCUT2D eigenvalue weighted by Gasteiger charge is -2.33. The molecule has 2 rings (SSSR count). The zero-order valence-electron chi connectivity index (χ0n) is 12.3. The molecular formula is C13H17ClN2O5S. The molecule has 0 saturated carbocycles. The third-order valence-corrected chi connectivity index (χ3v) is 5.81. The summed E-state index contributed by atoms with van der Waals surface area (Å²) in [5, 5.41) is 0.106. The molecule has 1 fully saturated rings. The zero-order chi connectivity index (χ0) is 16.3. The number of hydrogen-bond acceptors (Lipinski definition) is 5. The van der Waals surface area contributed by atoms with E-state index in [9.17, 15) is 13.2 Å². The van der Waals surface area contributed by atoms with Crippen molar-refractivity contribution in [1.82, 2.24) is 9.21 Å². The van der Waals surface area contributed by atoms with Crippen molar-refractivity contribution in [1.29, 1.82) is 0 Å². The zero-order valence-corrected chi connectivity index (χ0v) is 13.9. The molecule has 0 bridgehead atoms. The molecule has 22 heavy (non-hydrogen) atoms. The fourth-order valence-electron chi connectivity index (χ4n) is 2.20. The van der Waals surface area contributed by atoms with Crippen molar-refractivity contribution in [2.45, 2.75) is 4.90 Å². The average molecular weight is 349 g/mol. The molecule has 1 aromatic carbocycles. The van der Waals surface area contributed by atoms with Gasteiger partial charge in [0.2, 0.25) is 10.0 Å². The van der Waals surface area contributed by atoms with Gasteiger partial charge in [-0.1, -0.05) is 11.6 Å². The molecule has 0 radical (unpaired) electrons. The molecule has 1 aliphatic rings. The number of hydrogen-bond donors (Lipinski definition) is 0. The number of sulfonamides is 1. The van der Waals surface area contributed by atoms with Crippen LogP contribution >= 0.6 is 11.6 Å². The monoisotopic (exact) mass is 348 g/mol. The van der Waals surface area contributed by atoms with Crippen LogP contribution in [0.3, 0.4) is 0 Å². The first-order chi connectivity index (χ1) is 10.4. The van der Waals surface area contributed by atoms with Crippen molar-refractivity contribution < 1.29 is 22.7 Å². The summed E-state index contributed by atoms with van der Waals surface area (Å²) in [6, 6.07) is 4.42. The van der Waals surface area contributed by atoms with E-state index in [0.29, 0.717) is 5.75 Å². The van der Waals surface area contributed by atoms with Crippen LogP contribution in [0.25, 0.3) is 0 Å². The summed E-state index contributed by atoms with van der Waals surface area (Å²) in [4.78, 5) is 12.9. The first-order valence-electron chi connectivity index (χ1n) is 6.56. The standard InChI is InChI=1S/C13H17ClN2O5S/c1-20-10-3-4-12(11(14)9-10)22(18,19)16-7-5-15(6-8-16)13(17)21-2/h3-4,9H,5-8H2,1-2H3. The lowest BCUT2D eigenvalue weighted by atomic mass is 10.3. The number of carbonyl (C=O) groups excluding carboxylic acids is 1. The number of rotatable bonds is 3. The molecule has 7 nitrogen and oxygen atoms in total. The first-order valence-corrected chi connectivity index (χ1v) is 8.38. The van der Waals surface area contributed by atoms with Crippen molar-refractivity contribution in [2.75, 3.05) is 40.4 Å². The van der Waals surface area contributed by atoms with Gasteiger partial charge in [0.05, 0.1) is 19.2 Å². The number of ether oxygens (including phenoxy) is 2. The Morgan fingerprint density at radius 3 is 2.32 bits per heavy atom. The van der Waals surface area contributed by atoms with Gasteiger partial charge in [-0.3, -0.25) is 0 Å². The fraction of sp³-hybridized carbons (Fsp3) is 0.462. The maximum absolute atomic E-state index is 12.6. The Balaban J connectivity index is 2.17. The third-order valence-electron chi connectivity index (χ3n) is 3.43. The Hall–Kier alpha value is -1.51. The predicted molar refractivity (Wildman–Crippen MR) is 80.7 cm³/mol. The predicted octanol–water partition coefficient (Wildman–Crippen LogP) is 1.42. The molecule has 1 saturated heterocycles. The van der Waals surface area contributed by atoms with Gasteiger partial charge in [0.25, 0.3) is 0 Å². The second-order valence-corrected chi connectivity index (χ2v) is 6.97.